The quantitative estimate of drug-likeness (QED) is 0.455. The minimum Gasteiger partial charge on any atom is -0.488 e. The van der Waals surface area contributed by atoms with Crippen LogP contribution in [0.4, 0.5) is 5.69 Å². The first kappa shape index (κ1) is 18.8. The summed E-state index contributed by atoms with van der Waals surface area (Å²) >= 11 is 14.6. The SMILES string of the molecule is C=CCOc1c(Br)cc(Br)cc1[C@H]1SCC(=O)N1c1ccc(Cl)cc1. The summed E-state index contributed by atoms with van der Waals surface area (Å²) in [4.78, 5) is 14.3. The lowest BCUT2D eigenvalue weighted by Gasteiger charge is -2.26. The van der Waals surface area contributed by atoms with Gasteiger partial charge in [0.15, 0.2) is 0 Å². The first-order chi connectivity index (χ1) is 12.0. The van der Waals surface area contributed by atoms with Gasteiger partial charge < -0.3 is 4.74 Å². The zero-order chi connectivity index (χ0) is 18.0. The lowest BCUT2D eigenvalue weighted by atomic mass is 10.1. The normalized spacial score (nSPS) is 17.0. The van der Waals surface area contributed by atoms with Gasteiger partial charge >= 0.3 is 0 Å². The van der Waals surface area contributed by atoms with E-state index in [-0.39, 0.29) is 11.3 Å². The van der Waals surface area contributed by atoms with E-state index in [0.29, 0.717) is 23.1 Å². The van der Waals surface area contributed by atoms with Crippen molar-refractivity contribution in [3.8, 4) is 5.75 Å². The van der Waals surface area contributed by atoms with Gasteiger partial charge in [-0.15, -0.1) is 11.8 Å². The van der Waals surface area contributed by atoms with Gasteiger partial charge in [-0.25, -0.2) is 0 Å². The van der Waals surface area contributed by atoms with Gasteiger partial charge in [0.1, 0.15) is 17.7 Å². The minimum absolute atomic E-state index is 0.0584. The van der Waals surface area contributed by atoms with Crippen LogP contribution in [0.3, 0.4) is 0 Å². The maximum atomic E-state index is 12.5. The Hall–Kier alpha value is -0.950. The van der Waals surface area contributed by atoms with Gasteiger partial charge in [0.2, 0.25) is 5.91 Å². The Balaban J connectivity index is 2.06. The average molecular weight is 504 g/mol. The third kappa shape index (κ3) is 4.08. The van der Waals surface area contributed by atoms with Crippen LogP contribution in [0.5, 0.6) is 5.75 Å². The summed E-state index contributed by atoms with van der Waals surface area (Å²) in [5.74, 6) is 1.19. The van der Waals surface area contributed by atoms with Crippen molar-refractivity contribution in [3.63, 3.8) is 0 Å². The van der Waals surface area contributed by atoms with E-state index in [4.69, 9.17) is 16.3 Å². The van der Waals surface area contributed by atoms with E-state index in [1.54, 1.807) is 34.9 Å². The number of carbonyl (C=O) groups excluding carboxylic acids is 1. The molecule has 1 aliphatic heterocycles. The van der Waals surface area contributed by atoms with Gasteiger partial charge in [0, 0.05) is 20.7 Å². The predicted octanol–water partition coefficient (Wildman–Crippen LogP) is 6.21. The second-order valence-corrected chi connectivity index (χ2v) is 8.58. The van der Waals surface area contributed by atoms with Crippen LogP contribution in [0.15, 0.2) is 58.0 Å². The monoisotopic (exact) mass is 501 g/mol. The lowest BCUT2D eigenvalue weighted by molar-refractivity contribution is -0.115. The van der Waals surface area contributed by atoms with Crippen LogP contribution in [-0.2, 0) is 4.79 Å². The van der Waals surface area contributed by atoms with Gasteiger partial charge in [0.05, 0.1) is 10.2 Å². The smallest absolute Gasteiger partial charge is 0.238 e. The molecule has 0 aromatic heterocycles. The molecule has 1 aliphatic rings. The number of amides is 1. The van der Waals surface area contributed by atoms with Gasteiger partial charge in [-0.1, -0.05) is 40.2 Å². The lowest BCUT2D eigenvalue weighted by Crippen LogP contribution is -2.28. The molecule has 0 saturated carbocycles. The van der Waals surface area contributed by atoms with Gasteiger partial charge in [-0.2, -0.15) is 0 Å². The van der Waals surface area contributed by atoms with Gasteiger partial charge in [-0.3, -0.25) is 9.69 Å². The molecule has 1 heterocycles. The molecule has 1 fully saturated rings. The minimum atomic E-state index is -0.178. The maximum Gasteiger partial charge on any atom is 0.238 e. The van der Waals surface area contributed by atoms with Crippen molar-refractivity contribution in [2.24, 2.45) is 0 Å². The summed E-state index contributed by atoms with van der Waals surface area (Å²) in [6, 6.07) is 11.2. The van der Waals surface area contributed by atoms with E-state index < -0.39 is 0 Å². The number of anilines is 1. The summed E-state index contributed by atoms with van der Waals surface area (Å²) in [5, 5.41) is 0.460. The van der Waals surface area contributed by atoms with Gasteiger partial charge in [-0.05, 0) is 52.3 Å². The first-order valence-corrected chi connectivity index (χ1v) is 10.4. The Bertz CT molecular complexity index is 813. The number of halogens is 3. The topological polar surface area (TPSA) is 29.5 Å². The number of ether oxygens (including phenoxy) is 1. The van der Waals surface area contributed by atoms with Crippen LogP contribution >= 0.6 is 55.2 Å². The van der Waals surface area contributed by atoms with Crippen LogP contribution in [0, 0.1) is 0 Å². The molecule has 0 aliphatic carbocycles. The summed E-state index contributed by atoms with van der Waals surface area (Å²) in [6.07, 6.45) is 1.70. The van der Waals surface area contributed by atoms with Crippen LogP contribution in [0.25, 0.3) is 0 Å². The molecule has 25 heavy (non-hydrogen) atoms. The number of carbonyl (C=O) groups is 1. The highest BCUT2D eigenvalue weighted by Gasteiger charge is 2.36. The molecule has 7 heteroatoms. The van der Waals surface area contributed by atoms with Crippen molar-refractivity contribution in [1.29, 1.82) is 0 Å². The summed E-state index contributed by atoms with van der Waals surface area (Å²) in [5.41, 5.74) is 1.74. The van der Waals surface area contributed by atoms with E-state index in [0.717, 1.165) is 20.2 Å². The van der Waals surface area contributed by atoms with E-state index in [1.165, 1.54) is 0 Å². The van der Waals surface area contributed by atoms with E-state index in [2.05, 4.69) is 38.4 Å². The molecule has 1 amide bonds. The summed E-state index contributed by atoms with van der Waals surface area (Å²) in [7, 11) is 0. The molecular weight excluding hydrogens is 490 g/mol. The fourth-order valence-corrected chi connectivity index (χ4v) is 5.27. The Morgan fingerprint density at radius 2 is 2.04 bits per heavy atom. The van der Waals surface area contributed by atoms with Crippen LogP contribution in [0.1, 0.15) is 10.9 Å². The third-order valence-corrected chi connectivity index (χ3v) is 6.11. The second-order valence-electron chi connectivity index (χ2n) is 5.31. The molecule has 0 unspecified atom stereocenters. The Kier molecular flexibility index (Phi) is 6.15. The van der Waals surface area contributed by atoms with Crippen LogP contribution in [-0.4, -0.2) is 18.3 Å². The third-order valence-electron chi connectivity index (χ3n) is 3.62. The highest BCUT2D eigenvalue weighted by atomic mass is 79.9. The van der Waals surface area contributed by atoms with Crippen molar-refractivity contribution in [2.45, 2.75) is 5.37 Å². The molecular formula is C18H14Br2ClNO2S. The first-order valence-electron chi connectivity index (χ1n) is 7.43. The molecule has 0 spiro atoms. The largest absolute Gasteiger partial charge is 0.488 e. The number of hydrogen-bond donors (Lipinski definition) is 0. The highest BCUT2D eigenvalue weighted by molar-refractivity contribution is 9.11. The molecule has 0 N–H and O–H groups in total. The summed E-state index contributed by atoms with van der Waals surface area (Å²) in [6.45, 7) is 4.09. The summed E-state index contributed by atoms with van der Waals surface area (Å²) < 4.78 is 7.61. The average Bonchev–Trinajstić information content (AvgIpc) is 2.96. The van der Waals surface area contributed by atoms with Crippen molar-refractivity contribution in [3.05, 3.63) is 68.6 Å². The molecule has 2 aromatic carbocycles. The standard InChI is InChI=1S/C18H14Br2ClNO2S/c1-2-7-24-17-14(8-11(19)9-15(17)20)18-22(16(23)10-25-18)13-5-3-12(21)4-6-13/h2-6,8-9,18H,1,7,10H2/t18-/m1/s1. The molecule has 3 nitrogen and oxygen atoms in total. The molecule has 1 saturated heterocycles. The van der Waals surface area contributed by atoms with Crippen molar-refractivity contribution in [2.75, 3.05) is 17.3 Å². The Morgan fingerprint density at radius 1 is 1.32 bits per heavy atom. The number of nitrogens with zero attached hydrogens (tertiary/aromatic N) is 1. The Morgan fingerprint density at radius 3 is 2.72 bits per heavy atom. The predicted molar refractivity (Wildman–Crippen MR) is 112 cm³/mol. The van der Waals surface area contributed by atoms with E-state index >= 15 is 0 Å². The van der Waals surface area contributed by atoms with E-state index in [1.807, 2.05) is 24.3 Å². The van der Waals surface area contributed by atoms with E-state index in [9.17, 15) is 4.79 Å². The molecule has 0 radical (unpaired) electrons. The van der Waals surface area contributed by atoms with Gasteiger partial charge in [0.25, 0.3) is 0 Å². The fraction of sp³-hybridized carbons (Fsp3) is 0.167. The number of rotatable bonds is 5. The van der Waals surface area contributed by atoms with Crippen molar-refractivity contribution in [1.82, 2.24) is 0 Å². The van der Waals surface area contributed by atoms with Crippen LogP contribution < -0.4 is 9.64 Å². The number of thioether (sulfide) groups is 1. The zero-order valence-electron chi connectivity index (χ0n) is 13.0. The molecule has 1 atom stereocenters. The van der Waals surface area contributed by atoms with Crippen LogP contribution in [0.2, 0.25) is 5.02 Å². The maximum absolute atomic E-state index is 12.5. The Labute approximate surface area is 172 Å². The number of hydrogen-bond acceptors (Lipinski definition) is 3. The molecule has 0 bridgehead atoms. The number of benzene rings is 2. The van der Waals surface area contributed by atoms with Crippen molar-refractivity contribution >= 4 is 66.8 Å². The second kappa shape index (κ2) is 8.16. The zero-order valence-corrected chi connectivity index (χ0v) is 17.8. The van der Waals surface area contributed by atoms with Crippen molar-refractivity contribution < 1.29 is 9.53 Å². The molecule has 2 aromatic rings. The molecule has 3 rings (SSSR count). The highest BCUT2D eigenvalue weighted by Crippen LogP contribution is 2.47. The fourth-order valence-electron chi connectivity index (χ4n) is 2.59. The molecule has 130 valence electrons.